The summed E-state index contributed by atoms with van der Waals surface area (Å²) in [5.74, 6) is 0. The van der Waals surface area contributed by atoms with Crippen LogP contribution in [0, 0.1) is 0 Å². The molecule has 2 rings (SSSR count). The predicted molar refractivity (Wildman–Crippen MR) is 70.8 cm³/mol. The largest absolute Gasteiger partial charge is 0.462 e. The Morgan fingerprint density at radius 2 is 2.35 bits per heavy atom. The Hall–Kier alpha value is -1.20. The molecule has 1 N–H and O–H groups in total. The second-order valence-corrected chi connectivity index (χ2v) is 4.94. The molecule has 4 nitrogen and oxygen atoms in total. The SMILES string of the molecule is CCCc1cc2cnc(OCCNC)nc2s1. The zero-order valence-corrected chi connectivity index (χ0v) is 11.0. The molecule has 2 aromatic heterocycles. The third-order valence-corrected chi connectivity index (χ3v) is 3.49. The smallest absolute Gasteiger partial charge is 0.317 e. The number of hydrogen-bond donors (Lipinski definition) is 1. The molecule has 0 aliphatic carbocycles. The summed E-state index contributed by atoms with van der Waals surface area (Å²) in [6.07, 6.45) is 4.11. The van der Waals surface area contributed by atoms with Crippen LogP contribution in [0.1, 0.15) is 18.2 Å². The lowest BCUT2D eigenvalue weighted by Gasteiger charge is -2.02. The molecule has 0 aromatic carbocycles. The molecule has 5 heteroatoms. The summed E-state index contributed by atoms with van der Waals surface area (Å²) in [6, 6.07) is 2.64. The van der Waals surface area contributed by atoms with E-state index in [4.69, 9.17) is 4.74 Å². The van der Waals surface area contributed by atoms with Crippen LogP contribution in [0.3, 0.4) is 0 Å². The van der Waals surface area contributed by atoms with Crippen LogP contribution in [0.25, 0.3) is 10.2 Å². The van der Waals surface area contributed by atoms with Crippen LogP contribution in [-0.4, -0.2) is 30.2 Å². The van der Waals surface area contributed by atoms with E-state index < -0.39 is 0 Å². The summed E-state index contributed by atoms with van der Waals surface area (Å²) in [5, 5.41) is 4.13. The third kappa shape index (κ3) is 3.14. The van der Waals surface area contributed by atoms with Crippen molar-refractivity contribution in [1.82, 2.24) is 15.3 Å². The molecule has 0 aliphatic heterocycles. The molecule has 0 saturated carbocycles. The van der Waals surface area contributed by atoms with Gasteiger partial charge in [-0.15, -0.1) is 11.3 Å². The quantitative estimate of drug-likeness (QED) is 0.800. The Balaban J connectivity index is 2.12. The van der Waals surface area contributed by atoms with Crippen LogP contribution in [-0.2, 0) is 6.42 Å². The van der Waals surface area contributed by atoms with Crippen molar-refractivity contribution in [1.29, 1.82) is 0 Å². The number of fused-ring (bicyclic) bond motifs is 1. The van der Waals surface area contributed by atoms with E-state index in [1.807, 2.05) is 13.2 Å². The predicted octanol–water partition coefficient (Wildman–Crippen LogP) is 2.24. The third-order valence-electron chi connectivity index (χ3n) is 2.38. The summed E-state index contributed by atoms with van der Waals surface area (Å²) in [5.41, 5.74) is 0. The van der Waals surface area contributed by atoms with Crippen molar-refractivity contribution in [2.45, 2.75) is 19.8 Å². The lowest BCUT2D eigenvalue weighted by molar-refractivity contribution is 0.295. The summed E-state index contributed by atoms with van der Waals surface area (Å²) < 4.78 is 5.45. The van der Waals surface area contributed by atoms with Gasteiger partial charge in [0.25, 0.3) is 0 Å². The van der Waals surface area contributed by atoms with Crippen LogP contribution in [0.5, 0.6) is 6.01 Å². The average Bonchev–Trinajstić information content (AvgIpc) is 2.71. The van der Waals surface area contributed by atoms with Gasteiger partial charge in [-0.3, -0.25) is 0 Å². The van der Waals surface area contributed by atoms with Crippen molar-refractivity contribution in [3.05, 3.63) is 17.1 Å². The number of rotatable bonds is 6. The first-order valence-corrected chi connectivity index (χ1v) is 6.68. The highest BCUT2D eigenvalue weighted by Gasteiger charge is 2.05. The number of aryl methyl sites for hydroxylation is 1. The Labute approximate surface area is 105 Å². The van der Waals surface area contributed by atoms with Gasteiger partial charge in [-0.05, 0) is 19.5 Å². The van der Waals surface area contributed by atoms with Crippen molar-refractivity contribution in [3.63, 3.8) is 0 Å². The van der Waals surface area contributed by atoms with E-state index in [0.717, 1.165) is 29.6 Å². The Kier molecular flexibility index (Phi) is 4.28. The van der Waals surface area contributed by atoms with Crippen molar-refractivity contribution in [2.75, 3.05) is 20.2 Å². The van der Waals surface area contributed by atoms with Gasteiger partial charge >= 0.3 is 6.01 Å². The summed E-state index contributed by atoms with van der Waals surface area (Å²) in [4.78, 5) is 11.0. The van der Waals surface area contributed by atoms with E-state index in [0.29, 0.717) is 12.6 Å². The molecule has 92 valence electrons. The van der Waals surface area contributed by atoms with Crippen molar-refractivity contribution >= 4 is 21.6 Å². The van der Waals surface area contributed by atoms with Gasteiger partial charge in [-0.2, -0.15) is 4.98 Å². The fraction of sp³-hybridized carbons (Fsp3) is 0.500. The van der Waals surface area contributed by atoms with Gasteiger partial charge in [0.2, 0.25) is 0 Å². The fourth-order valence-corrected chi connectivity index (χ4v) is 2.65. The lowest BCUT2D eigenvalue weighted by atomic mass is 10.3. The van der Waals surface area contributed by atoms with Gasteiger partial charge in [0.05, 0.1) is 0 Å². The summed E-state index contributed by atoms with van der Waals surface area (Å²) in [7, 11) is 1.89. The molecule has 0 bridgehead atoms. The standard InChI is InChI=1S/C12H17N3OS/c1-3-4-10-7-9-8-14-12(15-11(9)17-10)16-6-5-13-2/h7-8,13H,3-6H2,1-2H3. The van der Waals surface area contributed by atoms with Crippen LogP contribution < -0.4 is 10.1 Å². The zero-order chi connectivity index (χ0) is 12.1. The van der Waals surface area contributed by atoms with E-state index in [-0.39, 0.29) is 0 Å². The summed E-state index contributed by atoms with van der Waals surface area (Å²) in [6.45, 7) is 3.57. The van der Waals surface area contributed by atoms with Crippen molar-refractivity contribution < 1.29 is 4.74 Å². The van der Waals surface area contributed by atoms with E-state index >= 15 is 0 Å². The molecule has 0 aliphatic rings. The second-order valence-electron chi connectivity index (χ2n) is 3.83. The average molecular weight is 251 g/mol. The van der Waals surface area contributed by atoms with Gasteiger partial charge in [-0.25, -0.2) is 4.98 Å². The van der Waals surface area contributed by atoms with Gasteiger partial charge in [0, 0.05) is 23.0 Å². The Bertz CT molecular complexity index is 484. The topological polar surface area (TPSA) is 47.0 Å². The monoisotopic (exact) mass is 251 g/mol. The first kappa shape index (κ1) is 12.3. The number of nitrogens with zero attached hydrogens (tertiary/aromatic N) is 2. The number of hydrogen-bond acceptors (Lipinski definition) is 5. The first-order chi connectivity index (χ1) is 8.33. The molecule has 0 fully saturated rings. The van der Waals surface area contributed by atoms with Gasteiger partial charge in [0.1, 0.15) is 11.4 Å². The highest BCUT2D eigenvalue weighted by Crippen LogP contribution is 2.25. The van der Waals surface area contributed by atoms with Crippen molar-refractivity contribution in [2.24, 2.45) is 0 Å². The van der Waals surface area contributed by atoms with Gasteiger partial charge < -0.3 is 10.1 Å². The molecular weight excluding hydrogens is 234 g/mol. The van der Waals surface area contributed by atoms with E-state index in [1.54, 1.807) is 11.3 Å². The molecular formula is C12H17N3OS. The molecule has 0 amide bonds. The second kappa shape index (κ2) is 5.93. The molecule has 0 radical (unpaired) electrons. The molecule has 0 atom stereocenters. The molecule has 17 heavy (non-hydrogen) atoms. The van der Waals surface area contributed by atoms with E-state index in [9.17, 15) is 0 Å². The molecule has 0 spiro atoms. The first-order valence-electron chi connectivity index (χ1n) is 5.86. The highest BCUT2D eigenvalue weighted by molar-refractivity contribution is 7.18. The Morgan fingerprint density at radius 1 is 1.47 bits per heavy atom. The Morgan fingerprint density at radius 3 is 3.12 bits per heavy atom. The number of aromatic nitrogens is 2. The molecule has 2 aromatic rings. The van der Waals surface area contributed by atoms with Crippen LogP contribution >= 0.6 is 11.3 Å². The highest BCUT2D eigenvalue weighted by atomic mass is 32.1. The van der Waals surface area contributed by atoms with Gasteiger partial charge in [0.15, 0.2) is 0 Å². The van der Waals surface area contributed by atoms with Crippen molar-refractivity contribution in [3.8, 4) is 6.01 Å². The molecule has 2 heterocycles. The van der Waals surface area contributed by atoms with Crippen LogP contribution in [0.15, 0.2) is 12.3 Å². The van der Waals surface area contributed by atoms with Crippen LogP contribution in [0.2, 0.25) is 0 Å². The zero-order valence-electron chi connectivity index (χ0n) is 10.2. The van der Waals surface area contributed by atoms with E-state index in [1.165, 1.54) is 4.88 Å². The maximum Gasteiger partial charge on any atom is 0.317 e. The minimum absolute atomic E-state index is 0.470. The number of likely N-dealkylation sites (N-methyl/N-ethyl adjacent to an activating group) is 1. The molecule has 0 unspecified atom stereocenters. The van der Waals surface area contributed by atoms with Gasteiger partial charge in [-0.1, -0.05) is 13.3 Å². The maximum atomic E-state index is 5.45. The lowest BCUT2D eigenvalue weighted by Crippen LogP contribution is -2.16. The fourth-order valence-electron chi connectivity index (χ4n) is 1.55. The maximum absolute atomic E-state index is 5.45. The number of nitrogens with one attached hydrogen (secondary N) is 1. The minimum Gasteiger partial charge on any atom is -0.462 e. The number of ether oxygens (including phenoxy) is 1. The summed E-state index contributed by atoms with van der Waals surface area (Å²) >= 11 is 1.73. The normalized spacial score (nSPS) is 10.9. The van der Waals surface area contributed by atoms with E-state index in [2.05, 4.69) is 28.3 Å². The van der Waals surface area contributed by atoms with Crippen LogP contribution in [0.4, 0.5) is 0 Å². The molecule has 0 saturated heterocycles. The minimum atomic E-state index is 0.470. The number of thiophene rings is 1.